The molecule has 3 N–H and O–H groups in total. The summed E-state index contributed by atoms with van der Waals surface area (Å²) < 4.78 is 5.27. The van der Waals surface area contributed by atoms with Gasteiger partial charge in [-0.1, -0.05) is 0 Å². The van der Waals surface area contributed by atoms with E-state index in [2.05, 4.69) is 10.2 Å². The molecule has 0 bridgehead atoms. The van der Waals surface area contributed by atoms with Gasteiger partial charge < -0.3 is 15.8 Å². The minimum atomic E-state index is -0.00322. The van der Waals surface area contributed by atoms with Crippen LogP contribution < -0.4 is 11.1 Å². The Morgan fingerprint density at radius 1 is 1.50 bits per heavy atom. The van der Waals surface area contributed by atoms with E-state index in [1.807, 2.05) is 0 Å². The van der Waals surface area contributed by atoms with E-state index >= 15 is 0 Å². The third-order valence-electron chi connectivity index (χ3n) is 3.12. The van der Waals surface area contributed by atoms with Gasteiger partial charge in [-0.15, -0.1) is 0 Å². The summed E-state index contributed by atoms with van der Waals surface area (Å²) in [6.07, 6.45) is 1.25. The van der Waals surface area contributed by atoms with Gasteiger partial charge in [0.25, 0.3) is 0 Å². The average Bonchev–Trinajstić information content (AvgIpc) is 2.79. The van der Waals surface area contributed by atoms with Crippen molar-refractivity contribution in [1.82, 2.24) is 4.90 Å². The number of nitrogen functional groups attached to an aromatic ring is 1. The van der Waals surface area contributed by atoms with Crippen molar-refractivity contribution >= 4 is 17.3 Å². The quantitative estimate of drug-likeness (QED) is 0.779. The molecule has 1 aliphatic rings. The van der Waals surface area contributed by atoms with Gasteiger partial charge >= 0.3 is 0 Å². The molecule has 1 aromatic carbocycles. The van der Waals surface area contributed by atoms with Crippen LogP contribution in [0.3, 0.4) is 0 Å². The van der Waals surface area contributed by atoms with Crippen molar-refractivity contribution in [3.05, 3.63) is 24.3 Å². The van der Waals surface area contributed by atoms with E-state index in [4.69, 9.17) is 10.5 Å². The number of nitrogens with two attached hydrogens (primary N) is 1. The Labute approximate surface area is 107 Å². The summed E-state index contributed by atoms with van der Waals surface area (Å²) in [7, 11) is 1.71. The van der Waals surface area contributed by atoms with Crippen molar-refractivity contribution < 1.29 is 9.53 Å². The van der Waals surface area contributed by atoms with Crippen LogP contribution in [0.15, 0.2) is 24.3 Å². The topological polar surface area (TPSA) is 67.6 Å². The second-order valence-corrected chi connectivity index (χ2v) is 4.55. The van der Waals surface area contributed by atoms with Gasteiger partial charge in [-0.25, -0.2) is 0 Å². The molecule has 98 valence electrons. The van der Waals surface area contributed by atoms with Crippen LogP contribution in [0.25, 0.3) is 0 Å². The van der Waals surface area contributed by atoms with E-state index in [0.717, 1.165) is 25.2 Å². The predicted molar refractivity (Wildman–Crippen MR) is 71.3 cm³/mol. The van der Waals surface area contributed by atoms with Crippen LogP contribution in [-0.4, -0.2) is 43.7 Å². The van der Waals surface area contributed by atoms with Gasteiger partial charge in [0, 0.05) is 31.6 Å². The van der Waals surface area contributed by atoms with Crippen LogP contribution >= 0.6 is 0 Å². The molecule has 1 unspecified atom stereocenters. The number of carbonyl (C=O) groups is 1. The summed E-state index contributed by atoms with van der Waals surface area (Å²) in [6.45, 7) is 2.14. The second kappa shape index (κ2) is 5.84. The van der Waals surface area contributed by atoms with Crippen molar-refractivity contribution in [1.29, 1.82) is 0 Å². The maximum atomic E-state index is 11.8. The van der Waals surface area contributed by atoms with Crippen molar-refractivity contribution in [2.45, 2.75) is 12.5 Å². The molecule has 1 heterocycles. The van der Waals surface area contributed by atoms with Crippen molar-refractivity contribution in [3.63, 3.8) is 0 Å². The Hall–Kier alpha value is -1.59. The molecule has 0 spiro atoms. The van der Waals surface area contributed by atoms with Crippen LogP contribution in [0.4, 0.5) is 11.4 Å². The molecule has 0 saturated carbocycles. The van der Waals surface area contributed by atoms with Crippen LogP contribution in [0.1, 0.15) is 6.42 Å². The Bertz CT molecular complexity index is 405. The molecule has 0 aromatic heterocycles. The van der Waals surface area contributed by atoms with Gasteiger partial charge in [0.05, 0.1) is 12.6 Å². The molecular formula is C13H19N3O2. The van der Waals surface area contributed by atoms with E-state index in [0.29, 0.717) is 12.2 Å². The molecule has 1 fully saturated rings. The molecule has 1 atom stereocenters. The summed E-state index contributed by atoms with van der Waals surface area (Å²) in [5.41, 5.74) is 7.05. The molecule has 1 aromatic rings. The lowest BCUT2D eigenvalue weighted by atomic mass is 10.3. The number of rotatable bonds is 4. The Morgan fingerprint density at radius 3 is 2.83 bits per heavy atom. The number of benzene rings is 1. The summed E-state index contributed by atoms with van der Waals surface area (Å²) in [5.74, 6) is -0.00322. The Balaban J connectivity index is 1.80. The monoisotopic (exact) mass is 249 g/mol. The highest BCUT2D eigenvalue weighted by Gasteiger charge is 2.23. The average molecular weight is 249 g/mol. The number of amides is 1. The standard InChI is InChI=1S/C13H19N3O2/c1-18-12-6-7-16(8-12)9-13(17)15-11-4-2-10(14)3-5-11/h2-5,12H,6-9,14H2,1H3,(H,15,17). The normalized spacial score (nSPS) is 19.9. The van der Waals surface area contributed by atoms with Crippen molar-refractivity contribution in [2.75, 3.05) is 37.8 Å². The number of nitrogens with zero attached hydrogens (tertiary/aromatic N) is 1. The number of ether oxygens (including phenoxy) is 1. The first-order valence-electron chi connectivity index (χ1n) is 6.08. The summed E-state index contributed by atoms with van der Waals surface area (Å²) in [4.78, 5) is 13.9. The molecule has 2 rings (SSSR count). The highest BCUT2D eigenvalue weighted by molar-refractivity contribution is 5.92. The lowest BCUT2D eigenvalue weighted by Gasteiger charge is -2.15. The van der Waals surface area contributed by atoms with Crippen molar-refractivity contribution in [2.24, 2.45) is 0 Å². The van der Waals surface area contributed by atoms with E-state index < -0.39 is 0 Å². The lowest BCUT2D eigenvalue weighted by Crippen LogP contribution is -2.32. The first-order valence-corrected chi connectivity index (χ1v) is 6.08. The highest BCUT2D eigenvalue weighted by atomic mass is 16.5. The van der Waals surface area contributed by atoms with E-state index in [1.165, 1.54) is 0 Å². The molecule has 1 amide bonds. The summed E-state index contributed by atoms with van der Waals surface area (Å²) in [6, 6.07) is 7.14. The summed E-state index contributed by atoms with van der Waals surface area (Å²) >= 11 is 0. The van der Waals surface area contributed by atoms with Crippen molar-refractivity contribution in [3.8, 4) is 0 Å². The Morgan fingerprint density at radius 2 is 2.22 bits per heavy atom. The number of methoxy groups -OCH3 is 1. The third-order valence-corrected chi connectivity index (χ3v) is 3.12. The van der Waals surface area contributed by atoms with Crippen LogP contribution in [-0.2, 0) is 9.53 Å². The maximum absolute atomic E-state index is 11.8. The molecule has 5 nitrogen and oxygen atoms in total. The highest BCUT2D eigenvalue weighted by Crippen LogP contribution is 2.13. The van der Waals surface area contributed by atoms with Gasteiger partial charge in [-0.2, -0.15) is 0 Å². The predicted octanol–water partition coefficient (Wildman–Crippen LogP) is 0.928. The number of anilines is 2. The lowest BCUT2D eigenvalue weighted by molar-refractivity contribution is -0.117. The van der Waals surface area contributed by atoms with Crippen LogP contribution in [0.5, 0.6) is 0 Å². The molecule has 0 aliphatic carbocycles. The van der Waals surface area contributed by atoms with E-state index in [-0.39, 0.29) is 12.0 Å². The maximum Gasteiger partial charge on any atom is 0.238 e. The summed E-state index contributed by atoms with van der Waals surface area (Å²) in [5, 5.41) is 2.85. The Kier molecular flexibility index (Phi) is 4.17. The molecule has 0 radical (unpaired) electrons. The molecule has 5 heteroatoms. The zero-order chi connectivity index (χ0) is 13.0. The SMILES string of the molecule is COC1CCN(CC(=O)Nc2ccc(N)cc2)C1. The third kappa shape index (κ3) is 3.45. The van der Waals surface area contributed by atoms with E-state index in [9.17, 15) is 4.79 Å². The fourth-order valence-electron chi connectivity index (χ4n) is 2.10. The molecule has 1 saturated heterocycles. The number of hydrogen-bond acceptors (Lipinski definition) is 4. The van der Waals surface area contributed by atoms with Crippen LogP contribution in [0, 0.1) is 0 Å². The van der Waals surface area contributed by atoms with Crippen LogP contribution in [0.2, 0.25) is 0 Å². The smallest absolute Gasteiger partial charge is 0.238 e. The molecular weight excluding hydrogens is 230 g/mol. The minimum absolute atomic E-state index is 0.00322. The number of likely N-dealkylation sites (tertiary alicyclic amines) is 1. The fraction of sp³-hybridized carbons (Fsp3) is 0.462. The number of carbonyl (C=O) groups excluding carboxylic acids is 1. The number of hydrogen-bond donors (Lipinski definition) is 2. The molecule has 1 aliphatic heterocycles. The van der Waals surface area contributed by atoms with Gasteiger partial charge in [-0.3, -0.25) is 9.69 Å². The largest absolute Gasteiger partial charge is 0.399 e. The second-order valence-electron chi connectivity index (χ2n) is 4.55. The zero-order valence-electron chi connectivity index (χ0n) is 10.6. The van der Waals surface area contributed by atoms with Gasteiger partial charge in [0.1, 0.15) is 0 Å². The van der Waals surface area contributed by atoms with Gasteiger partial charge in [0.15, 0.2) is 0 Å². The fourth-order valence-corrected chi connectivity index (χ4v) is 2.10. The van der Waals surface area contributed by atoms with Gasteiger partial charge in [0.2, 0.25) is 5.91 Å². The molecule has 18 heavy (non-hydrogen) atoms. The number of nitrogens with one attached hydrogen (secondary N) is 1. The zero-order valence-corrected chi connectivity index (χ0v) is 10.6. The first-order chi connectivity index (χ1) is 8.67. The van der Waals surface area contributed by atoms with Gasteiger partial charge in [-0.05, 0) is 30.7 Å². The minimum Gasteiger partial charge on any atom is -0.399 e. The van der Waals surface area contributed by atoms with E-state index in [1.54, 1.807) is 31.4 Å². The first kappa shape index (κ1) is 12.9.